The van der Waals surface area contributed by atoms with Crippen LogP contribution in [0.1, 0.15) is 197 Å². The van der Waals surface area contributed by atoms with Crippen molar-refractivity contribution in [2.45, 2.75) is 203 Å². The Kier molecular flexibility index (Phi) is 27.6. The van der Waals surface area contributed by atoms with E-state index in [1.807, 2.05) is 18.7 Å². The van der Waals surface area contributed by atoms with Crippen LogP contribution in [0.15, 0.2) is 0 Å². The molecule has 0 aromatic carbocycles. The van der Waals surface area contributed by atoms with Crippen LogP contribution in [0.5, 0.6) is 0 Å². The highest BCUT2D eigenvalue weighted by Crippen LogP contribution is 2.34. The second-order valence-corrected chi connectivity index (χ2v) is 19.6. The smallest absolute Gasteiger partial charge is 0.309 e. The molecule has 2 saturated carbocycles. The molecule has 2 atom stereocenters. The lowest BCUT2D eigenvalue weighted by Crippen LogP contribution is -2.35. The predicted molar refractivity (Wildman–Crippen MR) is 234 cm³/mol. The number of hydrogen-bond acceptors (Lipinski definition) is 9. The van der Waals surface area contributed by atoms with E-state index in [2.05, 4.69) is 41.5 Å². The molecular formula is C49H89NO8. The highest BCUT2D eigenvalue weighted by molar-refractivity contribution is 5.73. The van der Waals surface area contributed by atoms with Crippen molar-refractivity contribution < 1.29 is 38.1 Å². The number of ether oxygens (including phenoxy) is 4. The fraction of sp³-hybridized carbons (Fsp3) is 0.918. The summed E-state index contributed by atoms with van der Waals surface area (Å²) in [6.07, 6.45) is 24.0. The molecule has 2 aliphatic carbocycles. The summed E-state index contributed by atoms with van der Waals surface area (Å²) in [6, 6.07) is 0.124. The molecule has 2 fully saturated rings. The molecule has 0 bridgehead atoms. The van der Waals surface area contributed by atoms with Crippen molar-refractivity contribution >= 4 is 23.9 Å². The summed E-state index contributed by atoms with van der Waals surface area (Å²) in [5.74, 6) is 3.51. The quantitative estimate of drug-likeness (QED) is 0.0384. The molecule has 0 heterocycles. The van der Waals surface area contributed by atoms with Crippen LogP contribution in [0.2, 0.25) is 0 Å². The summed E-state index contributed by atoms with van der Waals surface area (Å²) in [6.45, 7) is 19.2. The van der Waals surface area contributed by atoms with Gasteiger partial charge in [-0.05, 0) is 101 Å². The van der Waals surface area contributed by atoms with Crippen molar-refractivity contribution in [3.8, 4) is 0 Å². The van der Waals surface area contributed by atoms with Gasteiger partial charge in [0.2, 0.25) is 0 Å². The lowest BCUT2D eigenvalue weighted by molar-refractivity contribution is -0.156. The standard InChI is InChI=1S/C49H89NO8/c1-37(2)13-9-15-40(7)17-11-19-42-21-25-44(26-22-42)48(53)57-35-33-55-46(51)29-31-50(39(5)6)32-30-47(52)56-34-36-58-49(54)45-27-23-43(24-28-45)20-12-18-41(8)16-10-14-38(3)4/h37-45H,9-36H2,1-8H3. The van der Waals surface area contributed by atoms with Crippen LogP contribution in [-0.4, -0.2) is 74.3 Å². The first-order valence-corrected chi connectivity index (χ1v) is 24.1. The summed E-state index contributed by atoms with van der Waals surface area (Å²) >= 11 is 0. The Morgan fingerprint density at radius 1 is 0.466 bits per heavy atom. The zero-order valence-corrected chi connectivity index (χ0v) is 38.7. The summed E-state index contributed by atoms with van der Waals surface area (Å²) in [5, 5.41) is 0. The molecule has 9 heteroatoms. The van der Waals surface area contributed by atoms with E-state index in [0.717, 1.165) is 86.9 Å². The van der Waals surface area contributed by atoms with Gasteiger partial charge in [-0.15, -0.1) is 0 Å². The van der Waals surface area contributed by atoms with Crippen molar-refractivity contribution in [2.75, 3.05) is 39.5 Å². The van der Waals surface area contributed by atoms with E-state index >= 15 is 0 Å². The van der Waals surface area contributed by atoms with Crippen molar-refractivity contribution in [2.24, 2.45) is 47.3 Å². The van der Waals surface area contributed by atoms with Crippen LogP contribution >= 0.6 is 0 Å². The maximum atomic E-state index is 12.6. The average molecular weight is 820 g/mol. The van der Waals surface area contributed by atoms with Crippen molar-refractivity contribution in [3.63, 3.8) is 0 Å². The summed E-state index contributed by atoms with van der Waals surface area (Å²) in [7, 11) is 0. The molecule has 0 aromatic rings. The molecule has 338 valence electrons. The third-order valence-corrected chi connectivity index (χ3v) is 13.1. The second kappa shape index (κ2) is 30.8. The topological polar surface area (TPSA) is 108 Å². The number of carbonyl (C=O) groups excluding carboxylic acids is 4. The van der Waals surface area contributed by atoms with Crippen LogP contribution in [0, 0.1) is 47.3 Å². The predicted octanol–water partition coefficient (Wildman–Crippen LogP) is 11.5. The van der Waals surface area contributed by atoms with Gasteiger partial charge in [-0.1, -0.05) is 119 Å². The van der Waals surface area contributed by atoms with Gasteiger partial charge in [-0.25, -0.2) is 0 Å². The summed E-state index contributed by atoms with van der Waals surface area (Å²) in [4.78, 5) is 52.2. The minimum atomic E-state index is -0.355. The lowest BCUT2D eigenvalue weighted by atomic mass is 9.79. The van der Waals surface area contributed by atoms with Gasteiger partial charge in [-0.3, -0.25) is 24.1 Å². The van der Waals surface area contributed by atoms with E-state index in [0.29, 0.717) is 13.1 Å². The zero-order chi connectivity index (χ0) is 42.7. The maximum Gasteiger partial charge on any atom is 0.309 e. The molecule has 9 nitrogen and oxygen atoms in total. The van der Waals surface area contributed by atoms with Crippen LogP contribution in [0.4, 0.5) is 0 Å². The fourth-order valence-electron chi connectivity index (χ4n) is 8.99. The number of nitrogens with zero attached hydrogens (tertiary/aromatic N) is 1. The SMILES string of the molecule is CC(C)CCCC(C)CCCC1CCC(C(=O)OCCOC(=O)CCN(CCC(=O)OCCOC(=O)C2CCC(CCCC(C)CCCC(C)C)CC2)C(C)C)CC1. The Morgan fingerprint density at radius 2 is 0.810 bits per heavy atom. The van der Waals surface area contributed by atoms with E-state index in [1.165, 1.54) is 77.0 Å². The lowest BCUT2D eigenvalue weighted by Gasteiger charge is -2.27. The van der Waals surface area contributed by atoms with Crippen molar-refractivity contribution in [3.05, 3.63) is 0 Å². The van der Waals surface area contributed by atoms with Crippen LogP contribution in [-0.2, 0) is 38.1 Å². The van der Waals surface area contributed by atoms with Gasteiger partial charge in [-0.2, -0.15) is 0 Å². The molecule has 0 saturated heterocycles. The van der Waals surface area contributed by atoms with Gasteiger partial charge >= 0.3 is 23.9 Å². The number of hydrogen-bond donors (Lipinski definition) is 0. The first-order valence-electron chi connectivity index (χ1n) is 24.1. The van der Waals surface area contributed by atoms with E-state index in [4.69, 9.17) is 18.9 Å². The number of esters is 4. The Balaban J connectivity index is 1.48. The Morgan fingerprint density at radius 3 is 1.16 bits per heavy atom. The molecule has 0 N–H and O–H groups in total. The van der Waals surface area contributed by atoms with E-state index < -0.39 is 0 Å². The fourth-order valence-corrected chi connectivity index (χ4v) is 8.99. The normalized spacial score (nSPS) is 21.0. The molecule has 0 aliphatic heterocycles. The van der Waals surface area contributed by atoms with Gasteiger partial charge < -0.3 is 18.9 Å². The third-order valence-electron chi connectivity index (χ3n) is 13.1. The van der Waals surface area contributed by atoms with E-state index in [-0.39, 0.29) is 81.0 Å². The molecule has 0 amide bonds. The summed E-state index contributed by atoms with van der Waals surface area (Å²) in [5.41, 5.74) is 0. The third kappa shape index (κ3) is 24.8. The van der Waals surface area contributed by atoms with Gasteiger partial charge in [0.05, 0.1) is 24.7 Å². The van der Waals surface area contributed by atoms with Gasteiger partial charge in [0, 0.05) is 19.1 Å². The molecule has 2 unspecified atom stereocenters. The Bertz CT molecular complexity index is 1030. The maximum absolute atomic E-state index is 12.6. The van der Waals surface area contributed by atoms with Crippen LogP contribution < -0.4 is 0 Å². The highest BCUT2D eigenvalue weighted by Gasteiger charge is 2.29. The van der Waals surface area contributed by atoms with Gasteiger partial charge in [0.15, 0.2) is 0 Å². The molecule has 0 aromatic heterocycles. The molecule has 0 spiro atoms. The van der Waals surface area contributed by atoms with Crippen LogP contribution in [0.25, 0.3) is 0 Å². The molecular weight excluding hydrogens is 731 g/mol. The van der Waals surface area contributed by atoms with Gasteiger partial charge in [0.1, 0.15) is 26.4 Å². The number of rotatable bonds is 31. The molecule has 2 rings (SSSR count). The Hall–Kier alpha value is -2.16. The largest absolute Gasteiger partial charge is 0.462 e. The zero-order valence-electron chi connectivity index (χ0n) is 38.7. The summed E-state index contributed by atoms with van der Waals surface area (Å²) < 4.78 is 21.6. The van der Waals surface area contributed by atoms with Crippen molar-refractivity contribution in [1.29, 1.82) is 0 Å². The first kappa shape index (κ1) is 52.0. The average Bonchev–Trinajstić information content (AvgIpc) is 3.18. The van der Waals surface area contributed by atoms with E-state index in [9.17, 15) is 19.2 Å². The van der Waals surface area contributed by atoms with Crippen molar-refractivity contribution in [1.82, 2.24) is 4.90 Å². The van der Waals surface area contributed by atoms with Crippen LogP contribution in [0.3, 0.4) is 0 Å². The second-order valence-electron chi connectivity index (χ2n) is 19.6. The monoisotopic (exact) mass is 820 g/mol. The number of carbonyl (C=O) groups is 4. The molecule has 0 radical (unpaired) electrons. The minimum Gasteiger partial charge on any atom is -0.462 e. The van der Waals surface area contributed by atoms with E-state index in [1.54, 1.807) is 0 Å². The molecule has 58 heavy (non-hydrogen) atoms. The molecule has 2 aliphatic rings. The Labute approximate surface area is 355 Å². The first-order chi connectivity index (χ1) is 27.7. The highest BCUT2D eigenvalue weighted by atomic mass is 16.6. The minimum absolute atomic E-state index is 0.0454. The van der Waals surface area contributed by atoms with Gasteiger partial charge in [0.25, 0.3) is 0 Å².